The molecule has 3 rings (SSSR count). The van der Waals surface area contributed by atoms with Crippen LogP contribution in [0, 0.1) is 12.3 Å². The van der Waals surface area contributed by atoms with Gasteiger partial charge in [0, 0.05) is 23.4 Å². The third-order valence-corrected chi connectivity index (χ3v) is 6.42. The van der Waals surface area contributed by atoms with Crippen molar-refractivity contribution in [2.75, 3.05) is 18.1 Å². The number of ketones is 2. The normalized spacial score (nSPS) is 23.1. The molecule has 0 saturated carbocycles. The fraction of sp³-hybridized carbons (Fsp3) is 0.556. The van der Waals surface area contributed by atoms with Gasteiger partial charge >= 0.3 is 0 Å². The monoisotopic (exact) mass is 362 g/mol. The molecule has 0 unspecified atom stereocenters. The van der Waals surface area contributed by atoms with Crippen molar-refractivity contribution in [3.63, 3.8) is 0 Å². The Morgan fingerprint density at radius 2 is 2.04 bits per heavy atom. The van der Waals surface area contributed by atoms with Crippen LogP contribution in [0.1, 0.15) is 58.8 Å². The van der Waals surface area contributed by atoms with Crippen LogP contribution in [0.4, 0.5) is 0 Å². The van der Waals surface area contributed by atoms with Gasteiger partial charge in [-0.15, -0.1) is 0 Å². The smallest absolute Gasteiger partial charge is 0.237 e. The molecule has 0 radical (unpaired) electrons. The van der Waals surface area contributed by atoms with Crippen LogP contribution < -0.4 is 0 Å². The SMILES string of the molecule is CCc1c(C(=O)CN2C(=O)C[C@@]3(CCSC3)C2=O)[nH]c(C)c1C(C)=O. The predicted molar refractivity (Wildman–Crippen MR) is 95.0 cm³/mol. The molecule has 1 spiro atoms. The van der Waals surface area contributed by atoms with Crippen LogP contribution in [0.2, 0.25) is 0 Å². The molecule has 1 aromatic rings. The molecular formula is C18H22N2O4S. The highest BCUT2D eigenvalue weighted by Gasteiger charge is 2.53. The summed E-state index contributed by atoms with van der Waals surface area (Å²) in [6.45, 7) is 4.85. The predicted octanol–water partition coefficient (Wildman–Crippen LogP) is 2.15. The fourth-order valence-corrected chi connectivity index (χ4v) is 5.34. The molecule has 7 heteroatoms. The number of hydrogen-bond acceptors (Lipinski definition) is 5. The summed E-state index contributed by atoms with van der Waals surface area (Å²) in [4.78, 5) is 53.8. The van der Waals surface area contributed by atoms with Crippen LogP contribution in [0.25, 0.3) is 0 Å². The molecule has 1 aromatic heterocycles. The summed E-state index contributed by atoms with van der Waals surface area (Å²) in [5.74, 6) is 0.617. The molecule has 1 N–H and O–H groups in total. The average molecular weight is 362 g/mol. The van der Waals surface area contributed by atoms with E-state index in [1.54, 1.807) is 18.7 Å². The average Bonchev–Trinajstić information content (AvgIpc) is 3.21. The van der Waals surface area contributed by atoms with E-state index in [0.29, 0.717) is 41.1 Å². The fourth-order valence-electron chi connectivity index (χ4n) is 3.90. The lowest BCUT2D eigenvalue weighted by Crippen LogP contribution is -2.39. The lowest BCUT2D eigenvalue weighted by atomic mass is 9.86. The van der Waals surface area contributed by atoms with E-state index in [1.807, 2.05) is 6.92 Å². The summed E-state index contributed by atoms with van der Waals surface area (Å²) in [5.41, 5.74) is 1.59. The van der Waals surface area contributed by atoms with E-state index >= 15 is 0 Å². The van der Waals surface area contributed by atoms with E-state index in [9.17, 15) is 19.2 Å². The Morgan fingerprint density at radius 3 is 2.60 bits per heavy atom. The molecule has 0 aliphatic carbocycles. The quantitative estimate of drug-likeness (QED) is 0.641. The number of thioether (sulfide) groups is 1. The van der Waals surface area contributed by atoms with Crippen molar-refractivity contribution in [3.05, 3.63) is 22.5 Å². The first-order valence-corrected chi connectivity index (χ1v) is 9.64. The van der Waals surface area contributed by atoms with Gasteiger partial charge in [0.2, 0.25) is 11.8 Å². The zero-order valence-corrected chi connectivity index (χ0v) is 15.5. The van der Waals surface area contributed by atoms with E-state index in [1.165, 1.54) is 6.92 Å². The van der Waals surface area contributed by atoms with Gasteiger partial charge in [0.05, 0.1) is 17.7 Å². The molecule has 3 heterocycles. The summed E-state index contributed by atoms with van der Waals surface area (Å²) in [6, 6.07) is 0. The number of H-pyrrole nitrogens is 1. The number of carbonyl (C=O) groups excluding carboxylic acids is 4. The molecule has 2 saturated heterocycles. The van der Waals surface area contributed by atoms with Crippen LogP contribution >= 0.6 is 11.8 Å². The minimum atomic E-state index is -0.605. The van der Waals surface area contributed by atoms with Gasteiger partial charge in [0.15, 0.2) is 11.6 Å². The standard InChI is InChI=1S/C18H22N2O4S/c1-4-12-15(11(3)21)10(2)19-16(12)13(22)8-20-14(23)7-18(17(20)24)5-6-25-9-18/h19H,4-9H2,1-3H3/t18-/m1/s1. The Kier molecular flexibility index (Phi) is 4.62. The summed E-state index contributed by atoms with van der Waals surface area (Å²) < 4.78 is 0. The molecule has 0 bridgehead atoms. The van der Waals surface area contributed by atoms with Crippen molar-refractivity contribution < 1.29 is 19.2 Å². The van der Waals surface area contributed by atoms with Gasteiger partial charge < -0.3 is 4.98 Å². The summed E-state index contributed by atoms with van der Waals surface area (Å²) >= 11 is 1.68. The summed E-state index contributed by atoms with van der Waals surface area (Å²) in [6.07, 6.45) is 1.43. The van der Waals surface area contributed by atoms with Crippen molar-refractivity contribution in [1.29, 1.82) is 0 Å². The van der Waals surface area contributed by atoms with E-state index in [-0.39, 0.29) is 36.3 Å². The number of rotatable bonds is 5. The molecule has 0 aromatic carbocycles. The number of nitrogens with one attached hydrogen (secondary N) is 1. The maximum Gasteiger partial charge on any atom is 0.237 e. The van der Waals surface area contributed by atoms with Gasteiger partial charge in [-0.2, -0.15) is 11.8 Å². The van der Waals surface area contributed by atoms with E-state index in [4.69, 9.17) is 0 Å². The number of aryl methyl sites for hydroxylation is 1. The van der Waals surface area contributed by atoms with Crippen molar-refractivity contribution in [2.24, 2.45) is 5.41 Å². The first kappa shape index (κ1) is 17.9. The van der Waals surface area contributed by atoms with Crippen LogP contribution in [-0.4, -0.2) is 51.3 Å². The van der Waals surface area contributed by atoms with Gasteiger partial charge in [0.1, 0.15) is 0 Å². The first-order valence-electron chi connectivity index (χ1n) is 8.49. The van der Waals surface area contributed by atoms with Crippen LogP contribution in [0.3, 0.4) is 0 Å². The number of aromatic nitrogens is 1. The van der Waals surface area contributed by atoms with E-state index < -0.39 is 5.41 Å². The van der Waals surface area contributed by atoms with Crippen molar-refractivity contribution in [2.45, 2.75) is 40.0 Å². The number of aromatic amines is 1. The number of nitrogens with zero attached hydrogens (tertiary/aromatic N) is 1. The number of Topliss-reactive ketones (excluding diaryl/α,β-unsaturated/α-hetero) is 2. The topological polar surface area (TPSA) is 87.3 Å². The first-order chi connectivity index (χ1) is 11.8. The zero-order chi connectivity index (χ0) is 18.4. The van der Waals surface area contributed by atoms with Crippen LogP contribution in [-0.2, 0) is 16.0 Å². The second-order valence-corrected chi connectivity index (χ2v) is 7.96. The maximum atomic E-state index is 12.8. The second-order valence-electron chi connectivity index (χ2n) is 6.86. The maximum absolute atomic E-state index is 12.8. The highest BCUT2D eigenvalue weighted by atomic mass is 32.2. The Hall–Kier alpha value is -1.89. The van der Waals surface area contributed by atoms with E-state index in [0.717, 1.165) is 10.7 Å². The van der Waals surface area contributed by atoms with Gasteiger partial charge in [-0.3, -0.25) is 24.1 Å². The Labute approximate surface area is 150 Å². The number of carbonyl (C=O) groups is 4. The van der Waals surface area contributed by atoms with Crippen molar-refractivity contribution in [3.8, 4) is 0 Å². The molecule has 2 fully saturated rings. The highest BCUT2D eigenvalue weighted by molar-refractivity contribution is 7.99. The number of hydrogen-bond donors (Lipinski definition) is 1. The molecule has 6 nitrogen and oxygen atoms in total. The van der Waals surface area contributed by atoms with Crippen LogP contribution in [0.15, 0.2) is 0 Å². The lowest BCUT2D eigenvalue weighted by Gasteiger charge is -2.19. The van der Waals surface area contributed by atoms with Crippen LogP contribution in [0.5, 0.6) is 0 Å². The number of imide groups is 1. The van der Waals surface area contributed by atoms with Gasteiger partial charge in [-0.1, -0.05) is 6.92 Å². The van der Waals surface area contributed by atoms with Crippen molar-refractivity contribution in [1.82, 2.24) is 9.88 Å². The molecule has 2 aliphatic heterocycles. The molecule has 134 valence electrons. The Bertz CT molecular complexity index is 774. The van der Waals surface area contributed by atoms with Gasteiger partial charge in [0.25, 0.3) is 0 Å². The van der Waals surface area contributed by atoms with Crippen molar-refractivity contribution >= 4 is 35.1 Å². The minimum Gasteiger partial charge on any atom is -0.355 e. The third kappa shape index (κ3) is 2.84. The van der Waals surface area contributed by atoms with Gasteiger partial charge in [-0.25, -0.2) is 0 Å². The zero-order valence-electron chi connectivity index (χ0n) is 14.7. The number of amides is 2. The lowest BCUT2D eigenvalue weighted by molar-refractivity contribution is -0.140. The largest absolute Gasteiger partial charge is 0.355 e. The summed E-state index contributed by atoms with van der Waals surface area (Å²) in [7, 11) is 0. The molecule has 2 amide bonds. The Morgan fingerprint density at radius 1 is 1.32 bits per heavy atom. The second kappa shape index (κ2) is 6.44. The summed E-state index contributed by atoms with van der Waals surface area (Å²) in [5, 5.41) is 0. The molecular weight excluding hydrogens is 340 g/mol. The Balaban J connectivity index is 1.86. The molecule has 2 aliphatic rings. The molecule has 1 atom stereocenters. The third-order valence-electron chi connectivity index (χ3n) is 5.17. The van der Waals surface area contributed by atoms with E-state index in [2.05, 4.69) is 4.98 Å². The minimum absolute atomic E-state index is 0.0973. The van der Waals surface area contributed by atoms with Gasteiger partial charge in [-0.05, 0) is 38.0 Å². The highest BCUT2D eigenvalue weighted by Crippen LogP contribution is 2.44. The number of likely N-dealkylation sites (tertiary alicyclic amines) is 1. The molecule has 25 heavy (non-hydrogen) atoms.